The summed E-state index contributed by atoms with van der Waals surface area (Å²) in [5.74, 6) is -0.340. The minimum atomic E-state index is -0.419. The van der Waals surface area contributed by atoms with Crippen molar-refractivity contribution < 1.29 is 19.1 Å². The lowest BCUT2D eigenvalue weighted by atomic mass is 10.2. The standard InChI is InChI=1S/C12H17NO4/c1-17-12(16)7-5-10-4-6-11(15)13(10)8-2-3-9-14/h5,7,9-10H,2-4,6,8H2,1H3/b7-5+/t10-/m0/s1. The second-order valence-corrected chi connectivity index (χ2v) is 3.88. The van der Waals surface area contributed by atoms with Crippen molar-refractivity contribution in [2.45, 2.75) is 31.7 Å². The third-order valence-electron chi connectivity index (χ3n) is 2.75. The van der Waals surface area contributed by atoms with E-state index in [-0.39, 0.29) is 11.9 Å². The van der Waals surface area contributed by atoms with Crippen molar-refractivity contribution in [3.8, 4) is 0 Å². The number of unbranched alkanes of at least 4 members (excludes halogenated alkanes) is 1. The summed E-state index contributed by atoms with van der Waals surface area (Å²) in [5.41, 5.74) is 0. The molecule has 0 saturated carbocycles. The van der Waals surface area contributed by atoms with Gasteiger partial charge in [-0.1, -0.05) is 6.08 Å². The third kappa shape index (κ3) is 4.01. The van der Waals surface area contributed by atoms with Crippen molar-refractivity contribution in [3.63, 3.8) is 0 Å². The Bertz CT molecular complexity index is 324. The van der Waals surface area contributed by atoms with E-state index in [4.69, 9.17) is 0 Å². The molecular formula is C12H17NO4. The van der Waals surface area contributed by atoms with E-state index >= 15 is 0 Å². The monoisotopic (exact) mass is 239 g/mol. The molecule has 5 heteroatoms. The normalized spacial score (nSPS) is 19.9. The van der Waals surface area contributed by atoms with Gasteiger partial charge in [0, 0.05) is 25.5 Å². The molecule has 5 nitrogen and oxygen atoms in total. The molecule has 0 radical (unpaired) electrons. The largest absolute Gasteiger partial charge is 0.466 e. The van der Waals surface area contributed by atoms with Gasteiger partial charge in [0.25, 0.3) is 0 Å². The molecule has 0 bridgehead atoms. The van der Waals surface area contributed by atoms with Crippen LogP contribution in [0.5, 0.6) is 0 Å². The van der Waals surface area contributed by atoms with Gasteiger partial charge in [-0.15, -0.1) is 0 Å². The predicted molar refractivity (Wildman–Crippen MR) is 61.2 cm³/mol. The van der Waals surface area contributed by atoms with Crippen LogP contribution in [0.1, 0.15) is 25.7 Å². The fraction of sp³-hybridized carbons (Fsp3) is 0.583. The summed E-state index contributed by atoms with van der Waals surface area (Å²) in [4.78, 5) is 34.5. The number of methoxy groups -OCH3 is 1. The molecule has 0 N–H and O–H groups in total. The first-order chi connectivity index (χ1) is 8.19. The zero-order valence-electron chi connectivity index (χ0n) is 9.93. The van der Waals surface area contributed by atoms with Gasteiger partial charge in [-0.25, -0.2) is 4.79 Å². The SMILES string of the molecule is COC(=O)/C=C/[C@@H]1CCC(=O)N1CCCC=O. The Balaban J connectivity index is 2.52. The van der Waals surface area contributed by atoms with Crippen LogP contribution in [0.4, 0.5) is 0 Å². The second-order valence-electron chi connectivity index (χ2n) is 3.88. The van der Waals surface area contributed by atoms with Gasteiger partial charge in [0.05, 0.1) is 13.2 Å². The zero-order chi connectivity index (χ0) is 12.7. The number of likely N-dealkylation sites (tertiary alicyclic amines) is 1. The molecule has 1 amide bonds. The van der Waals surface area contributed by atoms with Gasteiger partial charge in [-0.3, -0.25) is 4.79 Å². The van der Waals surface area contributed by atoms with Crippen LogP contribution < -0.4 is 0 Å². The van der Waals surface area contributed by atoms with Crippen LogP contribution in [-0.2, 0) is 19.1 Å². The molecule has 1 rings (SSSR count). The molecule has 1 saturated heterocycles. The Kier molecular flexibility index (Phi) is 5.39. The first-order valence-corrected chi connectivity index (χ1v) is 5.68. The van der Waals surface area contributed by atoms with Gasteiger partial charge in [-0.2, -0.15) is 0 Å². The number of hydrogen-bond acceptors (Lipinski definition) is 4. The number of esters is 1. The molecule has 1 aliphatic heterocycles. The summed E-state index contributed by atoms with van der Waals surface area (Å²) in [7, 11) is 1.31. The van der Waals surface area contributed by atoms with Gasteiger partial charge < -0.3 is 14.4 Å². The molecular weight excluding hydrogens is 222 g/mol. The van der Waals surface area contributed by atoms with Crippen molar-refractivity contribution in [1.82, 2.24) is 4.90 Å². The average molecular weight is 239 g/mol. The number of amides is 1. The Morgan fingerprint density at radius 1 is 1.59 bits per heavy atom. The van der Waals surface area contributed by atoms with Crippen molar-refractivity contribution in [2.24, 2.45) is 0 Å². The first-order valence-electron chi connectivity index (χ1n) is 5.68. The van der Waals surface area contributed by atoms with Crippen LogP contribution in [0.15, 0.2) is 12.2 Å². The maximum atomic E-state index is 11.6. The summed E-state index contributed by atoms with van der Waals surface area (Å²) in [6, 6.07) is -0.0479. The molecule has 0 aliphatic carbocycles. The highest BCUT2D eigenvalue weighted by atomic mass is 16.5. The van der Waals surface area contributed by atoms with Crippen LogP contribution in [0.2, 0.25) is 0 Å². The smallest absolute Gasteiger partial charge is 0.330 e. The fourth-order valence-electron chi connectivity index (χ4n) is 1.85. The Labute approximate surface area is 100 Å². The number of carbonyl (C=O) groups excluding carboxylic acids is 3. The molecule has 0 aromatic heterocycles. The minimum absolute atomic E-state index is 0.0479. The molecule has 1 fully saturated rings. The molecule has 1 atom stereocenters. The number of rotatable bonds is 6. The van der Waals surface area contributed by atoms with E-state index in [1.807, 2.05) is 0 Å². The number of hydrogen-bond donors (Lipinski definition) is 0. The van der Waals surface area contributed by atoms with Gasteiger partial charge in [0.15, 0.2) is 0 Å². The molecule has 17 heavy (non-hydrogen) atoms. The Morgan fingerprint density at radius 2 is 2.35 bits per heavy atom. The van der Waals surface area contributed by atoms with Crippen LogP contribution >= 0.6 is 0 Å². The number of ether oxygens (including phenoxy) is 1. The molecule has 0 spiro atoms. The molecule has 94 valence electrons. The van der Waals surface area contributed by atoms with Crippen molar-refractivity contribution >= 4 is 18.2 Å². The maximum Gasteiger partial charge on any atom is 0.330 e. The number of nitrogens with zero attached hydrogens (tertiary/aromatic N) is 1. The molecule has 0 aromatic carbocycles. The highest BCUT2D eigenvalue weighted by Crippen LogP contribution is 2.20. The minimum Gasteiger partial charge on any atom is -0.466 e. The first kappa shape index (κ1) is 13.4. The van der Waals surface area contributed by atoms with Crippen LogP contribution in [0, 0.1) is 0 Å². The van der Waals surface area contributed by atoms with Crippen LogP contribution in [-0.4, -0.2) is 42.8 Å². The summed E-state index contributed by atoms with van der Waals surface area (Å²) in [5, 5.41) is 0. The van der Waals surface area contributed by atoms with Crippen molar-refractivity contribution in [1.29, 1.82) is 0 Å². The third-order valence-corrected chi connectivity index (χ3v) is 2.75. The van der Waals surface area contributed by atoms with E-state index < -0.39 is 5.97 Å². The lowest BCUT2D eigenvalue weighted by molar-refractivity contribution is -0.135. The highest BCUT2D eigenvalue weighted by Gasteiger charge is 2.28. The highest BCUT2D eigenvalue weighted by molar-refractivity contribution is 5.83. The second kappa shape index (κ2) is 6.83. The lowest BCUT2D eigenvalue weighted by Crippen LogP contribution is -2.32. The quantitative estimate of drug-likeness (QED) is 0.296. The predicted octanol–water partition coefficient (Wildman–Crippen LogP) is 0.686. The van der Waals surface area contributed by atoms with Gasteiger partial charge in [-0.05, 0) is 12.8 Å². The van der Waals surface area contributed by atoms with Crippen LogP contribution in [0.25, 0.3) is 0 Å². The van der Waals surface area contributed by atoms with Gasteiger partial charge >= 0.3 is 5.97 Å². The van der Waals surface area contributed by atoms with E-state index in [0.717, 1.165) is 6.29 Å². The van der Waals surface area contributed by atoms with E-state index in [1.54, 1.807) is 11.0 Å². The summed E-state index contributed by atoms with van der Waals surface area (Å²) in [6.07, 6.45) is 6.22. The topological polar surface area (TPSA) is 63.7 Å². The van der Waals surface area contributed by atoms with E-state index in [1.165, 1.54) is 13.2 Å². The zero-order valence-corrected chi connectivity index (χ0v) is 9.93. The van der Waals surface area contributed by atoms with E-state index in [0.29, 0.717) is 32.2 Å². The van der Waals surface area contributed by atoms with Crippen molar-refractivity contribution in [3.05, 3.63) is 12.2 Å². The maximum absolute atomic E-state index is 11.6. The molecule has 0 aromatic rings. The Morgan fingerprint density at radius 3 is 3.00 bits per heavy atom. The number of carbonyl (C=O) groups is 3. The van der Waals surface area contributed by atoms with E-state index in [2.05, 4.69) is 4.74 Å². The average Bonchev–Trinajstić information content (AvgIpc) is 2.68. The molecule has 0 unspecified atom stereocenters. The summed E-state index contributed by atoms with van der Waals surface area (Å²) >= 11 is 0. The van der Waals surface area contributed by atoms with E-state index in [9.17, 15) is 14.4 Å². The van der Waals surface area contributed by atoms with Gasteiger partial charge in [0.2, 0.25) is 5.91 Å². The Hall–Kier alpha value is -1.65. The fourth-order valence-corrected chi connectivity index (χ4v) is 1.85. The van der Waals surface area contributed by atoms with Gasteiger partial charge in [0.1, 0.15) is 6.29 Å². The lowest BCUT2D eigenvalue weighted by Gasteiger charge is -2.21. The summed E-state index contributed by atoms with van der Waals surface area (Å²) in [6.45, 7) is 0.563. The number of aldehydes is 1. The van der Waals surface area contributed by atoms with Crippen molar-refractivity contribution in [2.75, 3.05) is 13.7 Å². The van der Waals surface area contributed by atoms with Crippen LogP contribution in [0.3, 0.4) is 0 Å². The summed E-state index contributed by atoms with van der Waals surface area (Å²) < 4.78 is 4.50. The molecule has 1 aliphatic rings. The molecule has 1 heterocycles.